The van der Waals surface area contributed by atoms with Crippen molar-refractivity contribution in [3.63, 3.8) is 0 Å². The van der Waals surface area contributed by atoms with Crippen LogP contribution < -0.4 is 0 Å². The number of aryl methyl sites for hydroxylation is 1. The van der Waals surface area contributed by atoms with Crippen LogP contribution in [0.1, 0.15) is 11.3 Å². The average Bonchev–Trinajstić information content (AvgIpc) is 3.02. The largest absolute Gasteiger partial charge is 0.416 e. The van der Waals surface area contributed by atoms with Gasteiger partial charge in [0.15, 0.2) is 5.82 Å². The summed E-state index contributed by atoms with van der Waals surface area (Å²) in [6.45, 7) is 1.73. The van der Waals surface area contributed by atoms with Crippen LogP contribution in [0.25, 0.3) is 33.7 Å². The average molecular weight is 355 g/mol. The maximum atomic E-state index is 13.1. The Morgan fingerprint density at radius 1 is 0.885 bits per heavy atom. The maximum absolute atomic E-state index is 13.1. The summed E-state index contributed by atoms with van der Waals surface area (Å²) < 4.78 is 44.5. The van der Waals surface area contributed by atoms with E-state index in [1.54, 1.807) is 13.0 Å². The van der Waals surface area contributed by atoms with Crippen LogP contribution in [-0.2, 0) is 6.18 Å². The molecule has 0 radical (unpaired) electrons. The van der Waals surface area contributed by atoms with Gasteiger partial charge in [-0.2, -0.15) is 13.2 Å². The number of hydrogen-bond donors (Lipinski definition) is 0. The molecule has 0 aliphatic rings. The molecule has 0 spiro atoms. The molecule has 26 heavy (non-hydrogen) atoms. The van der Waals surface area contributed by atoms with E-state index >= 15 is 0 Å². The van der Waals surface area contributed by atoms with E-state index in [0.717, 1.165) is 17.7 Å². The normalized spacial score (nSPS) is 11.8. The van der Waals surface area contributed by atoms with E-state index in [0.29, 0.717) is 22.6 Å². The van der Waals surface area contributed by atoms with Crippen LogP contribution >= 0.6 is 0 Å². The van der Waals surface area contributed by atoms with Crippen LogP contribution in [0.15, 0.2) is 59.1 Å². The number of alkyl halides is 3. The topological polar surface area (TPSA) is 51.8 Å². The lowest BCUT2D eigenvalue weighted by molar-refractivity contribution is -0.137. The van der Waals surface area contributed by atoms with E-state index in [9.17, 15) is 13.2 Å². The second kappa shape index (κ2) is 5.94. The summed E-state index contributed by atoms with van der Waals surface area (Å²) in [6, 6.07) is 14.2. The van der Waals surface area contributed by atoms with Crippen molar-refractivity contribution in [3.8, 4) is 22.6 Å². The van der Waals surface area contributed by atoms with Crippen molar-refractivity contribution in [2.75, 3.05) is 0 Å². The van der Waals surface area contributed by atoms with Gasteiger partial charge >= 0.3 is 6.18 Å². The van der Waals surface area contributed by atoms with Crippen molar-refractivity contribution in [2.24, 2.45) is 0 Å². The standard InChI is InChI=1S/C19H12F3N3O/c1-11-15-17(26-25-11)16(13-8-5-9-14(10-13)19(20,21)22)24-18(23-15)12-6-3-2-4-7-12/h2-10H,1H3. The zero-order valence-corrected chi connectivity index (χ0v) is 13.6. The summed E-state index contributed by atoms with van der Waals surface area (Å²) in [5.74, 6) is 0.400. The third-order valence-corrected chi connectivity index (χ3v) is 3.98. The zero-order valence-electron chi connectivity index (χ0n) is 13.6. The third kappa shape index (κ3) is 2.81. The lowest BCUT2D eigenvalue weighted by atomic mass is 10.1. The monoisotopic (exact) mass is 355 g/mol. The molecule has 0 fully saturated rings. The molecule has 0 aliphatic carbocycles. The lowest BCUT2D eigenvalue weighted by Gasteiger charge is -2.09. The van der Waals surface area contributed by atoms with Gasteiger partial charge in [-0.05, 0) is 19.1 Å². The molecule has 0 unspecified atom stereocenters. The molecule has 2 heterocycles. The second-order valence-electron chi connectivity index (χ2n) is 5.79. The van der Waals surface area contributed by atoms with Crippen LogP contribution in [0.4, 0.5) is 13.2 Å². The molecular formula is C19H12F3N3O. The molecule has 0 saturated carbocycles. The minimum absolute atomic E-state index is 0.265. The van der Waals surface area contributed by atoms with E-state index in [4.69, 9.17) is 4.52 Å². The van der Waals surface area contributed by atoms with Crippen LogP contribution in [0.3, 0.4) is 0 Å². The summed E-state index contributed by atoms with van der Waals surface area (Å²) in [5, 5.41) is 3.89. The number of rotatable bonds is 2. The number of aromatic nitrogens is 3. The van der Waals surface area contributed by atoms with E-state index in [1.807, 2.05) is 30.3 Å². The SMILES string of the molecule is Cc1noc2c(-c3cccc(C(F)(F)F)c3)nc(-c3ccccc3)nc12. The van der Waals surface area contributed by atoms with Gasteiger partial charge in [0.2, 0.25) is 5.58 Å². The first kappa shape index (κ1) is 16.3. The van der Waals surface area contributed by atoms with Crippen molar-refractivity contribution in [3.05, 3.63) is 65.9 Å². The Morgan fingerprint density at radius 3 is 2.35 bits per heavy atom. The van der Waals surface area contributed by atoms with Gasteiger partial charge in [0.1, 0.15) is 16.9 Å². The van der Waals surface area contributed by atoms with Crippen molar-refractivity contribution in [1.29, 1.82) is 0 Å². The summed E-state index contributed by atoms with van der Waals surface area (Å²) in [7, 11) is 0. The highest BCUT2D eigenvalue weighted by Crippen LogP contribution is 2.35. The van der Waals surface area contributed by atoms with Crippen LogP contribution in [-0.4, -0.2) is 15.1 Å². The van der Waals surface area contributed by atoms with Gasteiger partial charge in [0, 0.05) is 11.1 Å². The van der Waals surface area contributed by atoms with Crippen molar-refractivity contribution in [2.45, 2.75) is 13.1 Å². The highest BCUT2D eigenvalue weighted by molar-refractivity contribution is 5.90. The van der Waals surface area contributed by atoms with Crippen molar-refractivity contribution < 1.29 is 17.7 Å². The number of nitrogens with zero attached hydrogens (tertiary/aromatic N) is 3. The Bertz CT molecular complexity index is 1090. The van der Waals surface area contributed by atoms with E-state index in [-0.39, 0.29) is 11.3 Å². The molecule has 4 aromatic rings. The Morgan fingerprint density at radius 2 is 1.62 bits per heavy atom. The van der Waals surface area contributed by atoms with Crippen LogP contribution in [0.5, 0.6) is 0 Å². The molecule has 7 heteroatoms. The molecule has 2 aromatic heterocycles. The van der Waals surface area contributed by atoms with Crippen molar-refractivity contribution in [1.82, 2.24) is 15.1 Å². The van der Waals surface area contributed by atoms with Gasteiger partial charge < -0.3 is 4.52 Å². The first-order valence-corrected chi connectivity index (χ1v) is 7.80. The first-order valence-electron chi connectivity index (χ1n) is 7.80. The minimum atomic E-state index is -4.44. The molecule has 4 rings (SSSR count). The van der Waals surface area contributed by atoms with Gasteiger partial charge in [-0.15, -0.1) is 0 Å². The maximum Gasteiger partial charge on any atom is 0.416 e. The van der Waals surface area contributed by atoms with Gasteiger partial charge in [0.05, 0.1) is 5.56 Å². The summed E-state index contributed by atoms with van der Waals surface area (Å²) in [6.07, 6.45) is -4.44. The Balaban J connectivity index is 1.98. The number of halogens is 3. The van der Waals surface area contributed by atoms with E-state index in [2.05, 4.69) is 15.1 Å². The minimum Gasteiger partial charge on any atom is -0.352 e. The smallest absolute Gasteiger partial charge is 0.352 e. The Kier molecular flexibility index (Phi) is 3.72. The predicted octanol–water partition coefficient (Wildman–Crippen LogP) is 5.28. The quantitative estimate of drug-likeness (QED) is 0.491. The number of fused-ring (bicyclic) bond motifs is 1. The lowest BCUT2D eigenvalue weighted by Crippen LogP contribution is -2.04. The number of hydrogen-bond acceptors (Lipinski definition) is 4. The molecule has 0 atom stereocenters. The number of benzene rings is 2. The fourth-order valence-corrected chi connectivity index (χ4v) is 2.69. The van der Waals surface area contributed by atoms with E-state index < -0.39 is 11.7 Å². The van der Waals surface area contributed by atoms with Crippen LogP contribution in [0, 0.1) is 6.92 Å². The summed E-state index contributed by atoms with van der Waals surface area (Å²) in [4.78, 5) is 8.94. The summed E-state index contributed by atoms with van der Waals surface area (Å²) in [5.41, 5.74) is 1.86. The van der Waals surface area contributed by atoms with Gasteiger partial charge in [-0.25, -0.2) is 9.97 Å². The van der Waals surface area contributed by atoms with Crippen molar-refractivity contribution >= 4 is 11.1 Å². The highest BCUT2D eigenvalue weighted by Gasteiger charge is 2.31. The molecule has 0 saturated heterocycles. The van der Waals surface area contributed by atoms with Gasteiger partial charge in [0.25, 0.3) is 0 Å². The fourth-order valence-electron chi connectivity index (χ4n) is 2.69. The van der Waals surface area contributed by atoms with Gasteiger partial charge in [-0.3, -0.25) is 0 Å². The van der Waals surface area contributed by atoms with Crippen LogP contribution in [0.2, 0.25) is 0 Å². The molecule has 0 aliphatic heterocycles. The molecular weight excluding hydrogens is 343 g/mol. The summed E-state index contributed by atoms with van der Waals surface area (Å²) >= 11 is 0. The molecule has 130 valence electrons. The Labute approximate surface area is 146 Å². The predicted molar refractivity (Wildman–Crippen MR) is 90.2 cm³/mol. The molecule has 4 nitrogen and oxygen atoms in total. The fraction of sp³-hybridized carbons (Fsp3) is 0.105. The molecule has 0 bridgehead atoms. The Hall–Kier alpha value is -3.22. The third-order valence-electron chi connectivity index (χ3n) is 3.98. The first-order chi connectivity index (χ1) is 12.4. The zero-order chi connectivity index (χ0) is 18.3. The van der Waals surface area contributed by atoms with Gasteiger partial charge in [-0.1, -0.05) is 47.6 Å². The highest BCUT2D eigenvalue weighted by atomic mass is 19.4. The molecule has 2 aromatic carbocycles. The molecule has 0 N–H and O–H groups in total. The second-order valence-corrected chi connectivity index (χ2v) is 5.79. The molecule has 0 amide bonds. The van der Waals surface area contributed by atoms with E-state index in [1.165, 1.54) is 6.07 Å².